The molecule has 0 fully saturated rings. The van der Waals surface area contributed by atoms with Gasteiger partial charge in [0, 0.05) is 0 Å². The van der Waals surface area contributed by atoms with E-state index in [0.717, 1.165) is 0.282 Å². The second-order valence-corrected chi connectivity index (χ2v) is 17.8. The SMILES string of the molecule is BrB(Br)Br.IB(I)I. The normalized spacial score (nSPS) is 6.75. The van der Waals surface area contributed by atoms with Gasteiger partial charge in [0.25, 0.3) is 0 Å². The van der Waals surface area contributed by atoms with Crippen LogP contribution in [0.3, 0.4) is 0 Å². The van der Waals surface area contributed by atoms with Crippen LogP contribution in [0.2, 0.25) is 0 Å². The molecule has 8 heavy (non-hydrogen) atoms. The largest absolute Gasteiger partial charge is 0.369 e. The van der Waals surface area contributed by atoms with E-state index in [2.05, 4.69) is 114 Å². The first-order valence-electron chi connectivity index (χ1n) is 1.31. The van der Waals surface area contributed by atoms with E-state index >= 15 is 0 Å². The van der Waals surface area contributed by atoms with Crippen LogP contribution in [0.4, 0.5) is 0 Å². The van der Waals surface area contributed by atoms with E-state index in [0.29, 0.717) is 0 Å². The third kappa shape index (κ3) is 53.0. The van der Waals surface area contributed by atoms with Gasteiger partial charge >= 0.3 is 3.47 Å². The summed E-state index contributed by atoms with van der Waals surface area (Å²) in [7, 11) is 0. The zero-order valence-corrected chi connectivity index (χ0v) is 14.7. The summed E-state index contributed by atoms with van der Waals surface area (Å²) in [6.07, 6.45) is 0. The second kappa shape index (κ2) is 10.8. The maximum atomic E-state index is 3.10. The van der Waals surface area contributed by atoms with Gasteiger partial charge in [0.2, 0.25) is 0 Å². The van der Waals surface area contributed by atoms with Crippen molar-refractivity contribution in [3.63, 3.8) is 0 Å². The molecule has 48 valence electrons. The minimum Gasteiger partial charge on any atom is -0.123 e. The van der Waals surface area contributed by atoms with E-state index in [1.54, 1.807) is 0 Å². The van der Waals surface area contributed by atoms with Crippen LogP contribution in [0.5, 0.6) is 0 Å². The molecule has 0 aromatic rings. The third-order valence-electron chi connectivity index (χ3n) is 0. The topological polar surface area (TPSA) is 0 Å². The Morgan fingerprint density at radius 2 is 0.875 bits per heavy atom. The van der Waals surface area contributed by atoms with Gasteiger partial charge in [-0.3, -0.25) is 0 Å². The van der Waals surface area contributed by atoms with E-state index < -0.39 is 0 Å². The maximum Gasteiger partial charge on any atom is 0.369 e. The highest BCUT2D eigenvalue weighted by molar-refractivity contribution is 14.4. The Morgan fingerprint density at radius 1 is 0.875 bits per heavy atom. The van der Waals surface area contributed by atoms with E-state index in [4.69, 9.17) is 0 Å². The Balaban J connectivity index is 0. The molecule has 0 aliphatic carbocycles. The minimum absolute atomic E-state index is 0.271. The lowest BCUT2D eigenvalue weighted by Gasteiger charge is -1.63. The lowest BCUT2D eigenvalue weighted by atomic mass is 10.8. The van der Waals surface area contributed by atoms with Crippen LogP contribution in [0.15, 0.2) is 0 Å². The summed E-state index contributed by atoms with van der Waals surface area (Å²) in [5, 5.41) is 0. The molecule has 0 saturated carbocycles. The van der Waals surface area contributed by atoms with Crippen molar-refractivity contribution in [2.24, 2.45) is 0 Å². The minimum atomic E-state index is 0.271. The standard InChI is InChI=1S/BBr3.BI3/c2*2-1(3)4. The van der Waals surface area contributed by atoms with E-state index in [-0.39, 0.29) is 3.18 Å². The lowest BCUT2D eigenvalue weighted by molar-refractivity contribution is 4.99. The highest BCUT2D eigenvalue weighted by Gasteiger charge is 1.87. The predicted molar refractivity (Wildman–Crippen MR) is 80.3 cm³/mol. The van der Waals surface area contributed by atoms with Crippen LogP contribution in [-0.2, 0) is 0 Å². The average molecular weight is 642 g/mol. The molecule has 0 radical (unpaired) electrons. The molecule has 0 amide bonds. The molecule has 0 nitrogen and oxygen atoms in total. The second-order valence-electron chi connectivity index (χ2n) is 0.495. The molecule has 0 atom stereocenters. The van der Waals surface area contributed by atoms with Gasteiger partial charge in [0.05, 0.1) is 0 Å². The molecule has 0 unspecified atom stereocenters. The molecule has 0 aromatic carbocycles. The molecule has 0 aliphatic heterocycles. The zero-order chi connectivity index (χ0) is 7.15. The summed E-state index contributed by atoms with van der Waals surface area (Å²) in [5.74, 6) is 0. The van der Waals surface area contributed by atoms with Crippen LogP contribution < -0.4 is 0 Å². The fraction of sp³-hybridized carbons (Fsp3) is 0. The molecule has 0 bridgehead atoms. The van der Waals surface area contributed by atoms with Crippen molar-refractivity contribution >= 4 is 118 Å². The quantitative estimate of drug-likeness (QED) is 0.271. The maximum absolute atomic E-state index is 3.10. The Labute approximate surface area is 115 Å². The lowest BCUT2D eigenvalue weighted by Crippen LogP contribution is -1.60. The molecule has 0 aliphatic rings. The van der Waals surface area contributed by atoms with Crippen LogP contribution in [0.1, 0.15) is 0 Å². The van der Waals surface area contributed by atoms with Crippen LogP contribution in [-0.4, -0.2) is 3.47 Å². The first kappa shape index (κ1) is 14.3. The molecular formula is B2Br3I3. The summed E-state index contributed by atoms with van der Waals surface area (Å²) in [5.41, 5.74) is 0. The Bertz CT molecular complexity index is 28.0. The number of halogens is 6. The smallest absolute Gasteiger partial charge is 0.123 e. The number of hydrogen-bond acceptors (Lipinski definition) is 0. The van der Waals surface area contributed by atoms with Gasteiger partial charge in [0.1, 0.15) is 0 Å². The molecule has 0 saturated heterocycles. The summed E-state index contributed by atoms with van der Waals surface area (Å²) in [4.78, 5) is 0. The van der Waals surface area contributed by atoms with Gasteiger partial charge in [-0.15, -0.1) is 114 Å². The van der Waals surface area contributed by atoms with Crippen LogP contribution in [0.25, 0.3) is 0 Å². The van der Waals surface area contributed by atoms with Crippen LogP contribution in [0, 0.1) is 0 Å². The molecule has 8 heteroatoms. The Hall–Kier alpha value is 3.76. The highest BCUT2D eigenvalue weighted by atomic mass is 127. The monoisotopic (exact) mass is 639 g/mol. The average Bonchev–Trinajstić information content (AvgIpc) is 1.25. The summed E-state index contributed by atoms with van der Waals surface area (Å²) < 4.78 is 1.01. The molecule has 0 N–H and O–H groups in total. The first-order chi connectivity index (χ1) is 3.46. The fourth-order valence-corrected chi connectivity index (χ4v) is 0. The van der Waals surface area contributed by atoms with Crippen molar-refractivity contribution in [1.82, 2.24) is 0 Å². The zero-order valence-electron chi connectivity index (χ0n) is 3.42. The molecule has 0 aromatic heterocycles. The predicted octanol–water partition coefficient (Wildman–Crippen LogP) is 4.43. The molecule has 0 heterocycles. The number of hydrogen-bond donors (Lipinski definition) is 0. The van der Waals surface area contributed by atoms with Crippen molar-refractivity contribution in [2.45, 2.75) is 0 Å². The molecular weight excluding hydrogens is 642 g/mol. The van der Waals surface area contributed by atoms with Gasteiger partial charge < -0.3 is 0 Å². The van der Waals surface area contributed by atoms with Crippen LogP contribution >= 0.6 is 114 Å². The highest BCUT2D eigenvalue weighted by Crippen LogP contribution is 2.10. The molecule has 0 rings (SSSR count). The van der Waals surface area contributed by atoms with Crippen molar-refractivity contribution in [1.29, 1.82) is 0 Å². The summed E-state index contributed by atoms with van der Waals surface area (Å²) in [6.45, 7) is 0. The van der Waals surface area contributed by atoms with Crippen molar-refractivity contribution in [3.05, 3.63) is 0 Å². The Morgan fingerprint density at radius 3 is 0.875 bits per heavy atom. The van der Waals surface area contributed by atoms with E-state index in [9.17, 15) is 0 Å². The van der Waals surface area contributed by atoms with E-state index in [1.807, 2.05) is 0 Å². The van der Waals surface area contributed by atoms with Gasteiger partial charge in [-0.2, -0.15) is 0 Å². The number of rotatable bonds is 0. The fourth-order valence-electron chi connectivity index (χ4n) is 0. The van der Waals surface area contributed by atoms with Crippen molar-refractivity contribution < 1.29 is 0 Å². The van der Waals surface area contributed by atoms with Gasteiger partial charge in [-0.1, -0.05) is 0 Å². The molecule has 0 spiro atoms. The van der Waals surface area contributed by atoms with Crippen molar-refractivity contribution in [3.8, 4) is 0 Å². The summed E-state index contributed by atoms with van der Waals surface area (Å²) in [6, 6.07) is 0. The van der Waals surface area contributed by atoms with Crippen molar-refractivity contribution in [2.75, 3.05) is 0 Å². The van der Waals surface area contributed by atoms with Gasteiger partial charge in [-0.25, -0.2) is 0 Å². The van der Waals surface area contributed by atoms with Gasteiger partial charge in [0.15, 0.2) is 0 Å². The Kier molecular flexibility index (Phi) is 19.2. The first-order valence-corrected chi connectivity index (χ1v) is 7.79. The third-order valence-corrected chi connectivity index (χ3v) is 0. The van der Waals surface area contributed by atoms with Gasteiger partial charge in [-0.05, 0) is 0 Å². The van der Waals surface area contributed by atoms with E-state index in [1.165, 1.54) is 0 Å². The summed E-state index contributed by atoms with van der Waals surface area (Å²) >= 11 is 16.3.